The number of hydrogen-bond acceptors (Lipinski definition) is 7. The second kappa shape index (κ2) is 58.3. The number of ether oxygens (including phenoxy) is 2. The number of nitrogens with zero attached hydrogens (tertiary/aromatic N) is 1. The maximum absolute atomic E-state index is 12.8. The molecule has 0 aromatic rings. The molecule has 78 heavy (non-hydrogen) atoms. The van der Waals surface area contributed by atoms with E-state index in [9.17, 15) is 19.0 Å². The van der Waals surface area contributed by atoms with Gasteiger partial charge in [0.2, 0.25) is 0 Å². The molecule has 0 rings (SSSR count). The number of hydrogen-bond donors (Lipinski definition) is 1. The molecule has 0 aromatic heterocycles. The van der Waals surface area contributed by atoms with Crippen LogP contribution in [0.2, 0.25) is 0 Å². The van der Waals surface area contributed by atoms with Gasteiger partial charge in [-0.15, -0.1) is 0 Å². The Morgan fingerprint density at radius 3 is 1.09 bits per heavy atom. The molecular formula is C68H119NO8P+. The van der Waals surface area contributed by atoms with E-state index in [1.54, 1.807) is 0 Å². The van der Waals surface area contributed by atoms with E-state index < -0.39 is 26.5 Å². The van der Waals surface area contributed by atoms with E-state index >= 15 is 0 Å². The van der Waals surface area contributed by atoms with Crippen molar-refractivity contribution in [2.75, 3.05) is 47.5 Å². The van der Waals surface area contributed by atoms with E-state index in [1.807, 2.05) is 21.1 Å². The van der Waals surface area contributed by atoms with E-state index in [0.717, 1.165) is 96.3 Å². The van der Waals surface area contributed by atoms with Gasteiger partial charge in [0, 0.05) is 12.8 Å². The molecule has 0 aliphatic rings. The van der Waals surface area contributed by atoms with Gasteiger partial charge in [0.05, 0.1) is 27.7 Å². The van der Waals surface area contributed by atoms with Crippen LogP contribution in [0.15, 0.2) is 109 Å². The van der Waals surface area contributed by atoms with Crippen LogP contribution < -0.4 is 0 Å². The van der Waals surface area contributed by atoms with E-state index in [1.165, 1.54) is 128 Å². The molecule has 2 atom stereocenters. The third-order valence-electron chi connectivity index (χ3n) is 13.3. The van der Waals surface area contributed by atoms with E-state index in [4.69, 9.17) is 18.5 Å². The fourth-order valence-electron chi connectivity index (χ4n) is 8.44. The molecule has 0 radical (unpaired) electrons. The number of carbonyl (C=O) groups is 2. The molecule has 9 nitrogen and oxygen atoms in total. The van der Waals surface area contributed by atoms with Crippen LogP contribution in [0.3, 0.4) is 0 Å². The maximum atomic E-state index is 12.8. The third kappa shape index (κ3) is 61.9. The van der Waals surface area contributed by atoms with Gasteiger partial charge in [-0.2, -0.15) is 0 Å². The highest BCUT2D eigenvalue weighted by Crippen LogP contribution is 2.43. The van der Waals surface area contributed by atoms with Crippen molar-refractivity contribution >= 4 is 19.8 Å². The van der Waals surface area contributed by atoms with Crippen molar-refractivity contribution in [1.82, 2.24) is 0 Å². The number of quaternary nitrogens is 1. The minimum Gasteiger partial charge on any atom is -0.462 e. The first kappa shape index (κ1) is 74.7. The maximum Gasteiger partial charge on any atom is 0.472 e. The van der Waals surface area contributed by atoms with Crippen molar-refractivity contribution in [1.29, 1.82) is 0 Å². The van der Waals surface area contributed by atoms with Crippen molar-refractivity contribution in [3.63, 3.8) is 0 Å². The van der Waals surface area contributed by atoms with Crippen LogP contribution >= 0.6 is 7.82 Å². The molecule has 0 saturated carbocycles. The summed E-state index contributed by atoms with van der Waals surface area (Å²) in [4.78, 5) is 35.8. The number of carbonyl (C=O) groups excluding carboxylic acids is 2. The predicted molar refractivity (Wildman–Crippen MR) is 335 cm³/mol. The highest BCUT2D eigenvalue weighted by molar-refractivity contribution is 7.47. The molecule has 0 saturated heterocycles. The SMILES string of the molecule is CC/C=C\C/C=C\C/C=C\C/C=C\C/C=C\C/C=C\CCCCCCCCCCC(=O)OC(COC(=O)CCCCCCCCCCCCCC/C=C\C/C=C\C/C=C\CCCCCCC)COP(=O)(O)OCC[N+](C)(C)C. The molecule has 10 heteroatoms. The number of phosphoric acid groups is 1. The first-order valence-electron chi connectivity index (χ1n) is 31.6. The Kier molecular flexibility index (Phi) is 55.8. The molecule has 0 heterocycles. The molecule has 1 N–H and O–H groups in total. The number of phosphoric ester groups is 1. The fourth-order valence-corrected chi connectivity index (χ4v) is 9.18. The quantitative estimate of drug-likeness (QED) is 0.0211. The zero-order valence-electron chi connectivity index (χ0n) is 50.9. The number of allylic oxidation sites excluding steroid dienone is 18. The number of unbranched alkanes of at least 4 members (excludes halogenated alkanes) is 25. The van der Waals surface area contributed by atoms with Crippen molar-refractivity contribution in [3.05, 3.63) is 109 Å². The Morgan fingerprint density at radius 1 is 0.410 bits per heavy atom. The Bertz CT molecular complexity index is 1680. The first-order chi connectivity index (χ1) is 38.0. The van der Waals surface area contributed by atoms with Crippen molar-refractivity contribution in [2.24, 2.45) is 0 Å². The van der Waals surface area contributed by atoms with Crippen LogP contribution in [0.4, 0.5) is 0 Å². The molecule has 0 amide bonds. The largest absolute Gasteiger partial charge is 0.472 e. The molecule has 0 aliphatic heterocycles. The number of esters is 2. The smallest absolute Gasteiger partial charge is 0.462 e. The Morgan fingerprint density at radius 2 is 0.731 bits per heavy atom. The predicted octanol–water partition coefficient (Wildman–Crippen LogP) is 20.2. The molecule has 0 fully saturated rings. The van der Waals surface area contributed by atoms with E-state index in [2.05, 4.69) is 123 Å². The van der Waals surface area contributed by atoms with Gasteiger partial charge in [0.1, 0.15) is 19.8 Å². The molecule has 0 aliphatic carbocycles. The zero-order chi connectivity index (χ0) is 57.0. The second-order valence-corrected chi connectivity index (χ2v) is 23.5. The topological polar surface area (TPSA) is 108 Å². The van der Waals surface area contributed by atoms with Gasteiger partial charge in [0.15, 0.2) is 6.10 Å². The van der Waals surface area contributed by atoms with Gasteiger partial charge in [0.25, 0.3) is 0 Å². The molecule has 0 aromatic carbocycles. The average molecular weight is 1110 g/mol. The fraction of sp³-hybridized carbons (Fsp3) is 0.706. The normalized spacial score (nSPS) is 14.0. The lowest BCUT2D eigenvalue weighted by molar-refractivity contribution is -0.870. The first-order valence-corrected chi connectivity index (χ1v) is 33.1. The van der Waals surface area contributed by atoms with Crippen LogP contribution in [0, 0.1) is 0 Å². The minimum atomic E-state index is -4.40. The van der Waals surface area contributed by atoms with Gasteiger partial charge in [-0.3, -0.25) is 18.6 Å². The molecule has 2 unspecified atom stereocenters. The van der Waals surface area contributed by atoms with Crippen molar-refractivity contribution in [2.45, 2.75) is 264 Å². The summed E-state index contributed by atoms with van der Waals surface area (Å²) in [6, 6.07) is 0. The second-order valence-electron chi connectivity index (χ2n) is 22.1. The summed E-state index contributed by atoms with van der Waals surface area (Å²) in [6.45, 7) is 4.30. The zero-order valence-corrected chi connectivity index (χ0v) is 51.8. The summed E-state index contributed by atoms with van der Waals surface area (Å²) in [7, 11) is 1.46. The summed E-state index contributed by atoms with van der Waals surface area (Å²) in [6.07, 6.45) is 81.6. The average Bonchev–Trinajstić information content (AvgIpc) is 3.41. The van der Waals surface area contributed by atoms with Gasteiger partial charge >= 0.3 is 19.8 Å². The van der Waals surface area contributed by atoms with E-state index in [0.29, 0.717) is 17.4 Å². The van der Waals surface area contributed by atoms with Crippen molar-refractivity contribution in [3.8, 4) is 0 Å². The highest BCUT2D eigenvalue weighted by atomic mass is 31.2. The number of likely N-dealkylation sites (N-methyl/N-ethyl adjacent to an activating group) is 1. The Balaban J connectivity index is 4.17. The van der Waals surface area contributed by atoms with Crippen LogP contribution in [-0.2, 0) is 32.7 Å². The lowest BCUT2D eigenvalue weighted by Crippen LogP contribution is -2.37. The van der Waals surface area contributed by atoms with Crippen LogP contribution in [0.5, 0.6) is 0 Å². The lowest BCUT2D eigenvalue weighted by atomic mass is 10.0. The van der Waals surface area contributed by atoms with Crippen molar-refractivity contribution < 1.29 is 42.1 Å². The molecular weight excluding hydrogens is 990 g/mol. The van der Waals surface area contributed by atoms with Crippen LogP contribution in [0.25, 0.3) is 0 Å². The van der Waals surface area contributed by atoms with Crippen LogP contribution in [-0.4, -0.2) is 74.9 Å². The Labute approximate surface area is 480 Å². The highest BCUT2D eigenvalue weighted by Gasteiger charge is 2.27. The summed E-state index contributed by atoms with van der Waals surface area (Å²) < 4.78 is 34.6. The molecule has 448 valence electrons. The van der Waals surface area contributed by atoms with Gasteiger partial charge in [-0.25, -0.2) is 4.57 Å². The third-order valence-corrected chi connectivity index (χ3v) is 14.3. The number of rotatable bonds is 57. The summed E-state index contributed by atoms with van der Waals surface area (Å²) in [5.74, 6) is -0.811. The van der Waals surface area contributed by atoms with Gasteiger partial charge in [-0.05, 0) is 103 Å². The minimum absolute atomic E-state index is 0.0244. The van der Waals surface area contributed by atoms with Gasteiger partial charge in [-0.1, -0.05) is 252 Å². The molecule has 0 spiro atoms. The standard InChI is InChI=1S/C68H118NO8P/c1-6-8-10-12-14-16-18-20-22-24-26-28-30-32-34-36-38-40-42-44-46-48-50-52-54-56-58-60-67(70)74-64-66(65-76-78(72,73)75-63-62-69(3,4)5)77-68(71)61-59-57-55-53-51-49-47-45-43-41-39-37-35-33-31-29-27-25-23-21-19-17-15-13-11-9-7-2/h9,11,15,17-18,20-21,23-24,26-27,29-30,32-33,35,39,41,66H,6-8,10,12-14,16,19,22,25,28,31,34,36-38,40,42-65H2,1-5H3/p+1/b11-9-,17-15-,20-18-,23-21-,26-24-,29-27-,32-30-,35-33-,41-39-. The van der Waals surface area contributed by atoms with E-state index in [-0.39, 0.29) is 32.0 Å². The monoisotopic (exact) mass is 1110 g/mol. The summed E-state index contributed by atoms with van der Waals surface area (Å²) >= 11 is 0. The van der Waals surface area contributed by atoms with Crippen LogP contribution in [0.1, 0.15) is 258 Å². The summed E-state index contributed by atoms with van der Waals surface area (Å²) in [5.41, 5.74) is 0. The lowest BCUT2D eigenvalue weighted by Gasteiger charge is -2.24. The molecule has 0 bridgehead atoms. The van der Waals surface area contributed by atoms with Gasteiger partial charge < -0.3 is 18.9 Å². The Hall–Kier alpha value is -3.33. The summed E-state index contributed by atoms with van der Waals surface area (Å²) in [5, 5.41) is 0.